The van der Waals surface area contributed by atoms with E-state index in [4.69, 9.17) is 4.74 Å². The van der Waals surface area contributed by atoms with E-state index in [1.165, 1.54) is 18.2 Å². The minimum Gasteiger partial charge on any atom is -0.465 e. The number of ether oxygens (including phenoxy) is 1. The zero-order chi connectivity index (χ0) is 15.2. The lowest BCUT2D eigenvalue weighted by atomic mass is 10.0. The predicted octanol–water partition coefficient (Wildman–Crippen LogP) is 3.63. The molecule has 0 aliphatic carbocycles. The average molecular weight is 283 g/mol. The molecule has 0 unspecified atom stereocenters. The summed E-state index contributed by atoms with van der Waals surface area (Å²) >= 11 is 0. The number of hydrogen-bond donors (Lipinski definition) is 1. The minimum atomic E-state index is -0.295. The number of aryl methyl sites for hydroxylation is 1. The Bertz CT molecular complexity index is 622. The van der Waals surface area contributed by atoms with Crippen LogP contribution in [0.4, 0.5) is 0 Å². The van der Waals surface area contributed by atoms with Crippen LogP contribution >= 0.6 is 0 Å². The molecular weight excluding hydrogens is 262 g/mol. The van der Waals surface area contributed by atoms with Crippen LogP contribution in [0.25, 0.3) is 0 Å². The van der Waals surface area contributed by atoms with Crippen molar-refractivity contribution in [2.75, 3.05) is 7.11 Å². The normalized spacial score (nSPS) is 12.0. The van der Waals surface area contributed by atoms with Gasteiger partial charge in [-0.2, -0.15) is 0 Å². The van der Waals surface area contributed by atoms with Crippen LogP contribution in [0.2, 0.25) is 0 Å². The zero-order valence-corrected chi connectivity index (χ0v) is 12.7. The monoisotopic (exact) mass is 283 g/mol. The predicted molar refractivity (Wildman–Crippen MR) is 84.2 cm³/mol. The molecule has 0 spiro atoms. The van der Waals surface area contributed by atoms with Crippen LogP contribution in [0.1, 0.15) is 40.0 Å². The number of methoxy groups -OCH3 is 1. The molecule has 0 aromatic heterocycles. The smallest absolute Gasteiger partial charge is 0.338 e. The van der Waals surface area contributed by atoms with Gasteiger partial charge in [-0.15, -0.1) is 0 Å². The largest absolute Gasteiger partial charge is 0.465 e. The molecule has 0 saturated carbocycles. The van der Waals surface area contributed by atoms with E-state index >= 15 is 0 Å². The van der Waals surface area contributed by atoms with Crippen molar-refractivity contribution in [2.45, 2.75) is 26.4 Å². The molecule has 110 valence electrons. The summed E-state index contributed by atoms with van der Waals surface area (Å²) < 4.78 is 4.82. The lowest BCUT2D eigenvalue weighted by Crippen LogP contribution is -2.20. The van der Waals surface area contributed by atoms with Gasteiger partial charge in [0.25, 0.3) is 0 Å². The fourth-order valence-corrected chi connectivity index (χ4v) is 2.43. The number of benzene rings is 2. The highest BCUT2D eigenvalue weighted by atomic mass is 16.5. The number of esters is 1. The number of carbonyl (C=O) groups excluding carboxylic acids is 1. The van der Waals surface area contributed by atoms with Gasteiger partial charge in [0.05, 0.1) is 12.7 Å². The highest BCUT2D eigenvalue weighted by Gasteiger charge is 2.12. The van der Waals surface area contributed by atoms with Crippen LogP contribution in [0, 0.1) is 6.92 Å². The lowest BCUT2D eigenvalue weighted by Gasteiger charge is -2.17. The molecule has 0 saturated heterocycles. The number of hydrogen-bond acceptors (Lipinski definition) is 3. The number of nitrogens with one attached hydrogen (secondary N) is 1. The van der Waals surface area contributed by atoms with Crippen molar-refractivity contribution in [2.24, 2.45) is 0 Å². The van der Waals surface area contributed by atoms with Gasteiger partial charge < -0.3 is 10.1 Å². The molecule has 1 N–H and O–H groups in total. The van der Waals surface area contributed by atoms with Crippen molar-refractivity contribution in [1.29, 1.82) is 0 Å². The summed E-state index contributed by atoms with van der Waals surface area (Å²) in [5.74, 6) is -0.295. The number of rotatable bonds is 5. The Labute approximate surface area is 126 Å². The van der Waals surface area contributed by atoms with E-state index in [1.807, 2.05) is 30.3 Å². The highest BCUT2D eigenvalue weighted by molar-refractivity contribution is 5.90. The molecule has 2 rings (SSSR count). The quantitative estimate of drug-likeness (QED) is 0.852. The van der Waals surface area contributed by atoms with Crippen molar-refractivity contribution in [3.8, 4) is 0 Å². The molecule has 21 heavy (non-hydrogen) atoms. The van der Waals surface area contributed by atoms with Crippen molar-refractivity contribution in [3.05, 3.63) is 70.8 Å². The van der Waals surface area contributed by atoms with Gasteiger partial charge in [-0.3, -0.25) is 0 Å². The first-order valence-electron chi connectivity index (χ1n) is 7.08. The average Bonchev–Trinajstić information content (AvgIpc) is 2.52. The van der Waals surface area contributed by atoms with Crippen LogP contribution in [-0.2, 0) is 11.3 Å². The molecule has 3 nitrogen and oxygen atoms in total. The van der Waals surface area contributed by atoms with Crippen molar-refractivity contribution in [3.63, 3.8) is 0 Å². The van der Waals surface area contributed by atoms with Gasteiger partial charge in [0, 0.05) is 12.6 Å². The van der Waals surface area contributed by atoms with E-state index in [0.29, 0.717) is 12.1 Å². The van der Waals surface area contributed by atoms with E-state index in [2.05, 4.69) is 31.3 Å². The van der Waals surface area contributed by atoms with E-state index in [-0.39, 0.29) is 12.0 Å². The van der Waals surface area contributed by atoms with Crippen molar-refractivity contribution in [1.82, 2.24) is 5.32 Å². The minimum absolute atomic E-state index is 0.219. The third-order valence-corrected chi connectivity index (χ3v) is 3.68. The molecule has 0 aliphatic heterocycles. The van der Waals surface area contributed by atoms with Crippen LogP contribution in [0.3, 0.4) is 0 Å². The summed E-state index contributed by atoms with van der Waals surface area (Å²) in [4.78, 5) is 11.8. The van der Waals surface area contributed by atoms with Crippen LogP contribution in [0.5, 0.6) is 0 Å². The first-order chi connectivity index (χ1) is 10.1. The fourth-order valence-electron chi connectivity index (χ4n) is 2.43. The van der Waals surface area contributed by atoms with E-state index in [9.17, 15) is 4.79 Å². The standard InChI is InChI=1S/C18H21NO2/c1-13-8-4-6-10-16(13)14(2)19-12-15-9-5-7-11-17(15)18(20)21-3/h4-11,14,19H,12H2,1-3H3/t14-/m1/s1. The summed E-state index contributed by atoms with van der Waals surface area (Å²) in [7, 11) is 1.41. The molecule has 3 heteroatoms. The first kappa shape index (κ1) is 15.3. The Morgan fingerprint density at radius 2 is 1.81 bits per heavy atom. The first-order valence-corrected chi connectivity index (χ1v) is 7.08. The van der Waals surface area contributed by atoms with E-state index in [1.54, 1.807) is 6.07 Å². The third-order valence-electron chi connectivity index (χ3n) is 3.68. The molecule has 2 aromatic rings. The third kappa shape index (κ3) is 3.70. The summed E-state index contributed by atoms with van der Waals surface area (Å²) in [5.41, 5.74) is 4.10. The maximum atomic E-state index is 11.8. The summed E-state index contributed by atoms with van der Waals surface area (Å²) in [6, 6.07) is 16.1. The topological polar surface area (TPSA) is 38.3 Å². The molecule has 0 heterocycles. The zero-order valence-electron chi connectivity index (χ0n) is 12.7. The summed E-state index contributed by atoms with van der Waals surface area (Å²) in [6.07, 6.45) is 0. The van der Waals surface area contributed by atoms with Gasteiger partial charge in [-0.05, 0) is 36.6 Å². The Balaban J connectivity index is 2.10. The highest BCUT2D eigenvalue weighted by Crippen LogP contribution is 2.18. The molecule has 2 aromatic carbocycles. The molecular formula is C18H21NO2. The van der Waals surface area contributed by atoms with Crippen molar-refractivity contribution >= 4 is 5.97 Å². The second kappa shape index (κ2) is 7.04. The van der Waals surface area contributed by atoms with Crippen LogP contribution in [-0.4, -0.2) is 13.1 Å². The Morgan fingerprint density at radius 1 is 1.14 bits per heavy atom. The Kier molecular flexibility index (Phi) is 5.12. The molecule has 0 radical (unpaired) electrons. The van der Waals surface area contributed by atoms with Gasteiger partial charge in [0.15, 0.2) is 0 Å². The second-order valence-electron chi connectivity index (χ2n) is 5.11. The van der Waals surface area contributed by atoms with Gasteiger partial charge in [-0.1, -0.05) is 42.5 Å². The SMILES string of the molecule is COC(=O)c1ccccc1CN[C@H](C)c1ccccc1C. The molecule has 1 atom stereocenters. The van der Waals surface area contributed by atoms with Gasteiger partial charge in [0.2, 0.25) is 0 Å². The Morgan fingerprint density at radius 3 is 2.52 bits per heavy atom. The maximum absolute atomic E-state index is 11.8. The number of carbonyl (C=O) groups is 1. The van der Waals surface area contributed by atoms with Crippen LogP contribution < -0.4 is 5.32 Å². The van der Waals surface area contributed by atoms with Gasteiger partial charge in [0.1, 0.15) is 0 Å². The molecule has 0 bridgehead atoms. The fraction of sp³-hybridized carbons (Fsp3) is 0.278. The molecule has 0 aliphatic rings. The maximum Gasteiger partial charge on any atom is 0.338 e. The molecule has 0 amide bonds. The van der Waals surface area contributed by atoms with E-state index in [0.717, 1.165) is 5.56 Å². The summed E-state index contributed by atoms with van der Waals surface area (Å²) in [5, 5.41) is 3.47. The Hall–Kier alpha value is -2.13. The van der Waals surface area contributed by atoms with Crippen molar-refractivity contribution < 1.29 is 9.53 Å². The second-order valence-corrected chi connectivity index (χ2v) is 5.11. The van der Waals surface area contributed by atoms with Gasteiger partial charge >= 0.3 is 5.97 Å². The van der Waals surface area contributed by atoms with Crippen LogP contribution in [0.15, 0.2) is 48.5 Å². The van der Waals surface area contributed by atoms with Gasteiger partial charge in [-0.25, -0.2) is 4.79 Å². The summed E-state index contributed by atoms with van der Waals surface area (Å²) in [6.45, 7) is 4.86. The molecule has 0 fully saturated rings. The van der Waals surface area contributed by atoms with E-state index < -0.39 is 0 Å². The lowest BCUT2D eigenvalue weighted by molar-refractivity contribution is 0.0599.